The van der Waals surface area contributed by atoms with Crippen LogP contribution >= 0.6 is 23.2 Å². The Morgan fingerprint density at radius 1 is 1.07 bits per heavy atom. The molecule has 10 heteroatoms. The van der Waals surface area contributed by atoms with E-state index in [0.717, 1.165) is 12.1 Å². The van der Waals surface area contributed by atoms with E-state index in [-0.39, 0.29) is 31.8 Å². The Hall–Kier alpha value is -2.84. The molecule has 0 saturated heterocycles. The Morgan fingerprint density at radius 3 is 2.14 bits per heavy atom. The molecule has 0 spiro atoms. The number of hydrogen-bond donors (Lipinski definition) is 2. The molecule has 0 bridgehead atoms. The molecule has 0 amide bonds. The molecule has 0 aromatic heterocycles. The molecular formula is C19H10Cl2F3NO4. The van der Waals surface area contributed by atoms with Crippen molar-refractivity contribution in [2.24, 2.45) is 4.99 Å². The van der Waals surface area contributed by atoms with E-state index in [4.69, 9.17) is 23.2 Å². The molecule has 0 radical (unpaired) electrons. The van der Waals surface area contributed by atoms with Crippen LogP contribution in [0.5, 0.6) is 0 Å². The molecule has 2 N–H and O–H groups in total. The fourth-order valence-electron chi connectivity index (χ4n) is 3.18. The number of aliphatic carboxylic acids is 2. The zero-order chi connectivity index (χ0) is 21.7. The molecule has 1 unspecified atom stereocenters. The molecule has 0 saturated carbocycles. The van der Waals surface area contributed by atoms with Gasteiger partial charge in [0.15, 0.2) is 0 Å². The minimum Gasteiger partial charge on any atom is -0.479 e. The van der Waals surface area contributed by atoms with E-state index in [0.29, 0.717) is 12.1 Å². The topological polar surface area (TPSA) is 87.0 Å². The van der Waals surface area contributed by atoms with E-state index in [1.54, 1.807) is 0 Å². The number of benzene rings is 2. The lowest BCUT2D eigenvalue weighted by molar-refractivity contribution is -0.141. The number of fused-ring (bicyclic) bond motifs is 1. The van der Waals surface area contributed by atoms with E-state index in [1.165, 1.54) is 12.1 Å². The van der Waals surface area contributed by atoms with Gasteiger partial charge in [0, 0.05) is 15.8 Å². The van der Waals surface area contributed by atoms with E-state index < -0.39 is 34.8 Å². The first-order valence-corrected chi connectivity index (χ1v) is 8.58. The molecule has 2 aromatic rings. The van der Waals surface area contributed by atoms with Gasteiger partial charge in [0.05, 0.1) is 21.5 Å². The lowest BCUT2D eigenvalue weighted by Gasteiger charge is -2.26. The SMILES string of the molecule is C=C(C(=O)O)C1=c2c(Cl)cc(Cl)cc2=NC1(C(=O)O)c1ccc(C(F)(F)F)cc1. The number of carboxylic acids is 2. The fourth-order valence-corrected chi connectivity index (χ4v) is 3.75. The van der Waals surface area contributed by atoms with Gasteiger partial charge in [-0.15, -0.1) is 0 Å². The van der Waals surface area contributed by atoms with Crippen LogP contribution in [0.2, 0.25) is 10.0 Å². The summed E-state index contributed by atoms with van der Waals surface area (Å²) in [5.41, 5.74) is -4.53. The van der Waals surface area contributed by atoms with Crippen LogP contribution in [0.3, 0.4) is 0 Å². The molecule has 0 aliphatic carbocycles. The summed E-state index contributed by atoms with van der Waals surface area (Å²) in [4.78, 5) is 28.1. The first kappa shape index (κ1) is 20.9. The highest BCUT2D eigenvalue weighted by Crippen LogP contribution is 2.41. The second-order valence-corrected chi connectivity index (χ2v) is 6.99. The van der Waals surface area contributed by atoms with Crippen LogP contribution in [0.15, 0.2) is 53.5 Å². The maximum atomic E-state index is 12.9. The Kier molecular flexibility index (Phi) is 4.96. The predicted molar refractivity (Wildman–Crippen MR) is 98.2 cm³/mol. The summed E-state index contributed by atoms with van der Waals surface area (Å²) in [5, 5.41) is 19.5. The maximum Gasteiger partial charge on any atom is 0.416 e. The maximum absolute atomic E-state index is 12.9. The molecular weight excluding hydrogens is 434 g/mol. The normalized spacial score (nSPS) is 18.2. The lowest BCUT2D eigenvalue weighted by atomic mass is 9.79. The van der Waals surface area contributed by atoms with Crippen molar-refractivity contribution in [2.75, 3.05) is 0 Å². The summed E-state index contributed by atoms with van der Waals surface area (Å²) in [6.07, 6.45) is -4.64. The van der Waals surface area contributed by atoms with Crippen molar-refractivity contribution in [3.05, 3.63) is 80.3 Å². The molecule has 1 aliphatic rings. The van der Waals surface area contributed by atoms with Crippen molar-refractivity contribution in [1.82, 2.24) is 0 Å². The molecule has 150 valence electrons. The van der Waals surface area contributed by atoms with Gasteiger partial charge in [-0.05, 0) is 29.8 Å². The van der Waals surface area contributed by atoms with Gasteiger partial charge >= 0.3 is 18.1 Å². The van der Waals surface area contributed by atoms with Crippen LogP contribution in [-0.2, 0) is 21.3 Å². The van der Waals surface area contributed by atoms with E-state index in [1.807, 2.05) is 0 Å². The molecule has 5 nitrogen and oxygen atoms in total. The van der Waals surface area contributed by atoms with E-state index in [2.05, 4.69) is 11.6 Å². The van der Waals surface area contributed by atoms with Crippen molar-refractivity contribution in [3.63, 3.8) is 0 Å². The van der Waals surface area contributed by atoms with Crippen LogP contribution in [0, 0.1) is 0 Å². The van der Waals surface area contributed by atoms with Crippen molar-refractivity contribution < 1.29 is 33.0 Å². The van der Waals surface area contributed by atoms with Crippen LogP contribution in [-0.4, -0.2) is 22.2 Å². The van der Waals surface area contributed by atoms with E-state index >= 15 is 0 Å². The average Bonchev–Trinajstić information content (AvgIpc) is 2.96. The molecule has 0 fully saturated rings. The first-order valence-electron chi connectivity index (χ1n) is 7.83. The number of carbonyl (C=O) groups is 2. The van der Waals surface area contributed by atoms with Gasteiger partial charge in [-0.3, -0.25) is 4.99 Å². The highest BCUT2D eigenvalue weighted by molar-refractivity contribution is 6.35. The summed E-state index contributed by atoms with van der Waals surface area (Å²) < 4.78 is 38.7. The van der Waals surface area contributed by atoms with Gasteiger partial charge in [-0.1, -0.05) is 41.9 Å². The van der Waals surface area contributed by atoms with E-state index in [9.17, 15) is 33.0 Å². The van der Waals surface area contributed by atoms with Crippen LogP contribution in [0.4, 0.5) is 13.2 Å². The minimum absolute atomic E-state index is 0.00855. The van der Waals surface area contributed by atoms with Gasteiger partial charge in [0.25, 0.3) is 0 Å². The summed E-state index contributed by atoms with van der Waals surface area (Å²) in [5.74, 6) is -3.15. The number of carboxylic acid groups (broad SMARTS) is 2. The van der Waals surface area contributed by atoms with Crippen LogP contribution < -0.4 is 10.6 Å². The minimum atomic E-state index is -4.64. The van der Waals surface area contributed by atoms with Crippen LogP contribution in [0.25, 0.3) is 5.57 Å². The number of rotatable bonds is 4. The second kappa shape index (κ2) is 6.89. The predicted octanol–water partition coefficient (Wildman–Crippen LogP) is 3.42. The summed E-state index contributed by atoms with van der Waals surface area (Å²) >= 11 is 12.1. The Morgan fingerprint density at radius 2 is 1.66 bits per heavy atom. The number of hydrogen-bond acceptors (Lipinski definition) is 3. The van der Waals surface area contributed by atoms with Crippen molar-refractivity contribution in [2.45, 2.75) is 11.7 Å². The van der Waals surface area contributed by atoms with Gasteiger partial charge < -0.3 is 10.2 Å². The largest absolute Gasteiger partial charge is 0.479 e. The number of nitrogens with zero attached hydrogens (tertiary/aromatic N) is 1. The Labute approximate surface area is 171 Å². The van der Waals surface area contributed by atoms with Crippen molar-refractivity contribution in [1.29, 1.82) is 0 Å². The summed E-state index contributed by atoms with van der Waals surface area (Å²) in [6, 6.07) is 5.79. The summed E-state index contributed by atoms with van der Waals surface area (Å²) in [7, 11) is 0. The van der Waals surface area contributed by atoms with Crippen molar-refractivity contribution >= 4 is 40.7 Å². The zero-order valence-corrected chi connectivity index (χ0v) is 15.7. The lowest BCUT2D eigenvalue weighted by Crippen LogP contribution is -2.37. The van der Waals surface area contributed by atoms with Crippen LogP contribution in [0.1, 0.15) is 11.1 Å². The molecule has 3 rings (SSSR count). The molecule has 2 aromatic carbocycles. The third-order valence-corrected chi connectivity index (χ3v) is 4.95. The monoisotopic (exact) mass is 443 g/mol. The van der Waals surface area contributed by atoms with Gasteiger partial charge in [-0.25, -0.2) is 9.59 Å². The standard InChI is InChI=1S/C19H10Cl2F3NO4/c1-8(16(26)27)15-14-12(21)6-11(20)7-13(14)25-18(15,17(28)29)9-2-4-10(5-3-9)19(22,23)24/h2-7H,1H2,(H,26,27)(H,28,29). The van der Waals surface area contributed by atoms with Gasteiger partial charge in [-0.2, -0.15) is 13.2 Å². The first-order chi connectivity index (χ1) is 13.4. The molecule has 1 atom stereocenters. The average molecular weight is 444 g/mol. The summed E-state index contributed by atoms with van der Waals surface area (Å²) in [6.45, 7) is 3.43. The third-order valence-electron chi connectivity index (χ3n) is 4.43. The van der Waals surface area contributed by atoms with Gasteiger partial charge in [0.1, 0.15) is 0 Å². The quantitative estimate of drug-likeness (QED) is 0.708. The number of alkyl halides is 3. The highest BCUT2D eigenvalue weighted by Gasteiger charge is 2.49. The zero-order valence-electron chi connectivity index (χ0n) is 14.2. The van der Waals surface area contributed by atoms with Gasteiger partial charge in [0.2, 0.25) is 5.54 Å². The highest BCUT2D eigenvalue weighted by atomic mass is 35.5. The Balaban J connectivity index is 2.43. The smallest absolute Gasteiger partial charge is 0.416 e. The Bertz CT molecular complexity index is 1190. The molecule has 1 heterocycles. The second-order valence-electron chi connectivity index (χ2n) is 6.14. The van der Waals surface area contributed by atoms with Crippen molar-refractivity contribution in [3.8, 4) is 0 Å². The number of halogens is 5. The fraction of sp³-hybridized carbons (Fsp3) is 0.105. The molecule has 29 heavy (non-hydrogen) atoms. The third kappa shape index (κ3) is 3.28. The molecule has 1 aliphatic heterocycles.